The summed E-state index contributed by atoms with van der Waals surface area (Å²) < 4.78 is 0. The summed E-state index contributed by atoms with van der Waals surface area (Å²) in [6.45, 7) is 9.75. The summed E-state index contributed by atoms with van der Waals surface area (Å²) in [6, 6.07) is 0. The second kappa shape index (κ2) is 5.85. The molecule has 0 aromatic carbocycles. The zero-order chi connectivity index (χ0) is 17.1. The lowest BCUT2D eigenvalue weighted by Crippen LogP contribution is -2.53. The molecule has 0 bridgehead atoms. The number of hydrogen-bond donors (Lipinski definition) is 0. The van der Waals surface area contributed by atoms with Crippen molar-refractivity contribution in [3.8, 4) is 0 Å². The normalized spacial score (nSPS) is 51.2. The topological polar surface area (TPSA) is 17.1 Å². The molecule has 0 radical (unpaired) electrons. The maximum atomic E-state index is 12.5. The van der Waals surface area contributed by atoms with Gasteiger partial charge in [-0.3, -0.25) is 4.79 Å². The van der Waals surface area contributed by atoms with Gasteiger partial charge < -0.3 is 0 Å². The average Bonchev–Trinajstić information content (AvgIpc) is 2.83. The minimum absolute atomic E-state index is 0.0548. The molecule has 0 aromatic heterocycles. The lowest BCUT2D eigenvalue weighted by Gasteiger charge is -2.60. The molecule has 0 N–H and O–H groups in total. The highest BCUT2D eigenvalue weighted by molar-refractivity contribution is 5.87. The van der Waals surface area contributed by atoms with Gasteiger partial charge in [-0.05, 0) is 98.7 Å². The number of carbonyl (C=O) groups is 1. The van der Waals surface area contributed by atoms with E-state index in [1.165, 1.54) is 57.8 Å². The molecule has 0 saturated heterocycles. The molecule has 7 atom stereocenters. The molecule has 1 heteroatoms. The van der Waals surface area contributed by atoms with Crippen molar-refractivity contribution >= 4 is 5.78 Å². The van der Waals surface area contributed by atoms with Gasteiger partial charge in [-0.2, -0.15) is 0 Å². The number of hydrogen-bond acceptors (Lipinski definition) is 1. The molecule has 0 aliphatic heterocycles. The van der Waals surface area contributed by atoms with E-state index in [0.29, 0.717) is 11.2 Å². The van der Waals surface area contributed by atoms with Crippen molar-refractivity contribution < 1.29 is 4.79 Å². The van der Waals surface area contributed by atoms with E-state index >= 15 is 0 Å². The fourth-order valence-corrected chi connectivity index (χ4v) is 8.00. The van der Waals surface area contributed by atoms with Crippen LogP contribution in [0.1, 0.15) is 91.9 Å². The Morgan fingerprint density at radius 1 is 1.00 bits per heavy atom. The van der Waals surface area contributed by atoms with Crippen molar-refractivity contribution in [3.05, 3.63) is 0 Å². The Labute approximate surface area is 149 Å². The van der Waals surface area contributed by atoms with Gasteiger partial charge in [0.25, 0.3) is 0 Å². The molecule has 0 heterocycles. The van der Waals surface area contributed by atoms with Gasteiger partial charge in [0.2, 0.25) is 0 Å². The molecule has 4 unspecified atom stereocenters. The monoisotopic (exact) mass is 330 g/mol. The predicted molar refractivity (Wildman–Crippen MR) is 99.7 cm³/mol. The third kappa shape index (κ3) is 2.43. The van der Waals surface area contributed by atoms with Crippen LogP contribution in [-0.4, -0.2) is 5.78 Å². The number of Topliss-reactive ketones (excluding diaryl/α,β-unsaturated/α-hetero) is 1. The molecule has 24 heavy (non-hydrogen) atoms. The first-order valence-corrected chi connectivity index (χ1v) is 10.9. The Morgan fingerprint density at radius 3 is 2.54 bits per heavy atom. The Hall–Kier alpha value is -0.330. The third-order valence-electron chi connectivity index (χ3n) is 9.29. The smallest absolute Gasteiger partial charge is 0.139 e. The molecular weight excluding hydrogens is 292 g/mol. The van der Waals surface area contributed by atoms with Crippen LogP contribution in [0, 0.1) is 46.3 Å². The number of rotatable bonds is 2. The second-order valence-electron chi connectivity index (χ2n) is 10.8. The highest BCUT2D eigenvalue weighted by Gasteiger charge is 2.60. The highest BCUT2D eigenvalue weighted by Crippen LogP contribution is 2.66. The Balaban J connectivity index is 1.53. The van der Waals surface area contributed by atoms with Crippen molar-refractivity contribution in [1.29, 1.82) is 0 Å². The van der Waals surface area contributed by atoms with Crippen LogP contribution in [0.3, 0.4) is 0 Å². The minimum atomic E-state index is 0.0548. The molecule has 0 spiro atoms. The van der Waals surface area contributed by atoms with Crippen LogP contribution < -0.4 is 0 Å². The zero-order valence-corrected chi connectivity index (χ0v) is 16.4. The van der Waals surface area contributed by atoms with Gasteiger partial charge in [-0.25, -0.2) is 0 Å². The fourth-order valence-electron chi connectivity index (χ4n) is 8.00. The van der Waals surface area contributed by atoms with Crippen molar-refractivity contribution in [3.63, 3.8) is 0 Å². The fraction of sp³-hybridized carbons (Fsp3) is 0.957. The number of carbonyl (C=O) groups excluding carboxylic acids is 1. The number of ketones is 1. The standard InChI is InChI=1S/C23H38O/c1-15(2)13-16-9-11-22(3)17(14-16)5-6-18-19-7-8-21(24)23(19,4)12-10-20(18)22/h15-20H,5-14H2,1-4H3/t16-,17?,18?,19?,20?,22+,23+/m1/s1. The zero-order valence-electron chi connectivity index (χ0n) is 16.4. The van der Waals surface area contributed by atoms with Crippen LogP contribution in [0.2, 0.25) is 0 Å². The van der Waals surface area contributed by atoms with E-state index in [0.717, 1.165) is 41.9 Å². The summed E-state index contributed by atoms with van der Waals surface area (Å²) in [5.41, 5.74) is 0.641. The molecule has 0 amide bonds. The first-order valence-electron chi connectivity index (χ1n) is 10.9. The van der Waals surface area contributed by atoms with Crippen LogP contribution in [0.15, 0.2) is 0 Å². The predicted octanol–water partition coefficient (Wildman–Crippen LogP) is 6.26. The molecule has 136 valence electrons. The summed E-state index contributed by atoms with van der Waals surface area (Å²) in [5, 5.41) is 0. The van der Waals surface area contributed by atoms with E-state index in [2.05, 4.69) is 27.7 Å². The number of fused-ring (bicyclic) bond motifs is 5. The Kier molecular flexibility index (Phi) is 4.17. The molecule has 4 rings (SSSR count). The molecule has 4 aliphatic carbocycles. The van der Waals surface area contributed by atoms with E-state index in [4.69, 9.17) is 0 Å². The van der Waals surface area contributed by atoms with Crippen LogP contribution >= 0.6 is 0 Å². The quantitative estimate of drug-likeness (QED) is 0.584. The van der Waals surface area contributed by atoms with Crippen molar-refractivity contribution in [2.45, 2.75) is 91.9 Å². The summed E-state index contributed by atoms with van der Waals surface area (Å²) in [6.07, 6.45) is 13.4. The van der Waals surface area contributed by atoms with Gasteiger partial charge in [0.1, 0.15) is 5.78 Å². The van der Waals surface area contributed by atoms with Gasteiger partial charge in [0.05, 0.1) is 0 Å². The van der Waals surface area contributed by atoms with Gasteiger partial charge in [-0.1, -0.05) is 27.7 Å². The minimum Gasteiger partial charge on any atom is -0.299 e. The molecule has 4 saturated carbocycles. The first kappa shape index (κ1) is 17.1. The average molecular weight is 331 g/mol. The van der Waals surface area contributed by atoms with Gasteiger partial charge >= 0.3 is 0 Å². The van der Waals surface area contributed by atoms with Crippen LogP contribution in [0.5, 0.6) is 0 Å². The van der Waals surface area contributed by atoms with E-state index in [1.807, 2.05) is 0 Å². The first-order chi connectivity index (χ1) is 11.3. The Bertz CT molecular complexity index is 508. The third-order valence-corrected chi connectivity index (χ3v) is 9.29. The molecule has 1 nitrogen and oxygen atoms in total. The van der Waals surface area contributed by atoms with Crippen molar-refractivity contribution in [1.82, 2.24) is 0 Å². The summed E-state index contributed by atoms with van der Waals surface area (Å²) in [7, 11) is 0. The second-order valence-corrected chi connectivity index (χ2v) is 10.8. The van der Waals surface area contributed by atoms with Crippen LogP contribution in [0.4, 0.5) is 0 Å². The summed E-state index contributed by atoms with van der Waals surface area (Å²) in [4.78, 5) is 12.5. The molecule has 0 aromatic rings. The summed E-state index contributed by atoms with van der Waals surface area (Å²) >= 11 is 0. The maximum absolute atomic E-state index is 12.5. The van der Waals surface area contributed by atoms with Crippen LogP contribution in [-0.2, 0) is 4.79 Å². The molecule has 4 aliphatic rings. The highest BCUT2D eigenvalue weighted by atomic mass is 16.1. The van der Waals surface area contributed by atoms with E-state index in [-0.39, 0.29) is 5.41 Å². The summed E-state index contributed by atoms with van der Waals surface area (Å²) in [5.74, 6) is 5.90. The maximum Gasteiger partial charge on any atom is 0.139 e. The molecular formula is C23H38O. The molecule has 4 fully saturated rings. The van der Waals surface area contributed by atoms with Crippen molar-refractivity contribution in [2.24, 2.45) is 46.3 Å². The van der Waals surface area contributed by atoms with E-state index in [1.54, 1.807) is 0 Å². The largest absolute Gasteiger partial charge is 0.299 e. The SMILES string of the molecule is CC(C)C[C@H]1CC[C@@]2(C)C(CCC3C2CC[C@]2(C)C(=O)CCC32)C1. The lowest BCUT2D eigenvalue weighted by atomic mass is 9.44. The van der Waals surface area contributed by atoms with E-state index in [9.17, 15) is 4.79 Å². The van der Waals surface area contributed by atoms with Gasteiger partial charge in [0, 0.05) is 11.8 Å². The van der Waals surface area contributed by atoms with Crippen LogP contribution in [0.25, 0.3) is 0 Å². The van der Waals surface area contributed by atoms with Crippen molar-refractivity contribution in [2.75, 3.05) is 0 Å². The lowest BCUT2D eigenvalue weighted by molar-refractivity contribution is -0.140. The van der Waals surface area contributed by atoms with Gasteiger partial charge in [0.15, 0.2) is 0 Å². The van der Waals surface area contributed by atoms with Gasteiger partial charge in [-0.15, -0.1) is 0 Å². The Morgan fingerprint density at radius 2 is 1.79 bits per heavy atom. The van der Waals surface area contributed by atoms with E-state index < -0.39 is 0 Å².